The summed E-state index contributed by atoms with van der Waals surface area (Å²) in [5, 5.41) is 7.15. The van der Waals surface area contributed by atoms with Crippen LogP contribution in [0.4, 0.5) is 22.0 Å². The summed E-state index contributed by atoms with van der Waals surface area (Å²) >= 11 is 0.0457. The zero-order valence-corrected chi connectivity index (χ0v) is 9.05. The maximum Gasteiger partial charge on any atom is 0.316 e. The summed E-state index contributed by atoms with van der Waals surface area (Å²) in [5.41, 5.74) is 0. The third-order valence-corrected chi connectivity index (χ3v) is 2.96. The van der Waals surface area contributed by atoms with Crippen LogP contribution in [0.25, 0.3) is 0 Å². The number of carbonyl (C=O) groups is 1. The van der Waals surface area contributed by atoms with Crippen molar-refractivity contribution in [3.63, 3.8) is 0 Å². The fourth-order valence-electron chi connectivity index (χ4n) is 0.915. The molecule has 1 atom stereocenters. The third kappa shape index (κ3) is 2.51. The van der Waals surface area contributed by atoms with Gasteiger partial charge in [-0.3, -0.25) is 4.79 Å². The van der Waals surface area contributed by atoms with E-state index in [0.29, 0.717) is 0 Å². The molecule has 0 aliphatic carbocycles. The predicted octanol–water partition coefficient (Wildman–Crippen LogP) is 2.95. The molecule has 0 radical (unpaired) electrons. The van der Waals surface area contributed by atoms with Gasteiger partial charge in [-0.2, -0.15) is 0 Å². The highest BCUT2D eigenvalue weighted by Gasteiger charge is 2.28. The minimum atomic E-state index is -2.27. The van der Waals surface area contributed by atoms with E-state index in [-0.39, 0.29) is 11.8 Å². The number of hydrogen-bond donors (Lipinski definition) is 1. The van der Waals surface area contributed by atoms with Crippen LogP contribution in [0.15, 0.2) is 4.90 Å². The van der Waals surface area contributed by atoms with Gasteiger partial charge in [0.1, 0.15) is 5.25 Å². The van der Waals surface area contributed by atoms with E-state index in [9.17, 15) is 26.7 Å². The molecule has 8 heteroatoms. The quantitative estimate of drug-likeness (QED) is 0.398. The number of halogens is 5. The second-order valence-electron chi connectivity index (χ2n) is 3.00. The molecule has 1 aromatic rings. The second-order valence-corrected chi connectivity index (χ2v) is 4.35. The molecular weight excluding hydrogens is 267 g/mol. The van der Waals surface area contributed by atoms with Gasteiger partial charge < -0.3 is 5.11 Å². The first-order chi connectivity index (χ1) is 7.77. The molecule has 0 fully saturated rings. The standard InChI is InChI=1S/C9H5F5O2S/c1-2(9(15)16)17-8-6(13)4(11)3(10)5(12)7(8)14/h2H,1H3,(H,15,16). The van der Waals surface area contributed by atoms with Gasteiger partial charge in [-0.25, -0.2) is 22.0 Å². The van der Waals surface area contributed by atoms with Crippen molar-refractivity contribution in [3.05, 3.63) is 29.1 Å². The van der Waals surface area contributed by atoms with Crippen LogP contribution < -0.4 is 0 Å². The van der Waals surface area contributed by atoms with Crippen molar-refractivity contribution in [2.45, 2.75) is 17.1 Å². The van der Waals surface area contributed by atoms with Crippen molar-refractivity contribution in [2.75, 3.05) is 0 Å². The van der Waals surface area contributed by atoms with Crippen LogP contribution >= 0.6 is 11.8 Å². The Hall–Kier alpha value is -1.31. The molecule has 94 valence electrons. The molecule has 17 heavy (non-hydrogen) atoms. The first-order valence-corrected chi connectivity index (χ1v) is 5.06. The third-order valence-electron chi connectivity index (χ3n) is 1.81. The first-order valence-electron chi connectivity index (χ1n) is 4.18. The second kappa shape index (κ2) is 4.91. The Morgan fingerprint density at radius 3 is 1.71 bits per heavy atom. The number of aliphatic carboxylic acids is 1. The van der Waals surface area contributed by atoms with Gasteiger partial charge in [-0.05, 0) is 6.92 Å². The van der Waals surface area contributed by atoms with Crippen LogP contribution in [0.3, 0.4) is 0 Å². The zero-order chi connectivity index (χ0) is 13.3. The smallest absolute Gasteiger partial charge is 0.316 e. The van der Waals surface area contributed by atoms with E-state index in [1.165, 1.54) is 0 Å². The molecule has 0 amide bonds. The Morgan fingerprint density at radius 2 is 1.35 bits per heavy atom. The molecule has 0 spiro atoms. The van der Waals surface area contributed by atoms with Crippen molar-refractivity contribution >= 4 is 17.7 Å². The predicted molar refractivity (Wildman–Crippen MR) is 49.2 cm³/mol. The van der Waals surface area contributed by atoms with Crippen molar-refractivity contribution in [3.8, 4) is 0 Å². The number of rotatable bonds is 3. The molecule has 1 unspecified atom stereocenters. The van der Waals surface area contributed by atoms with Gasteiger partial charge in [0.25, 0.3) is 0 Å². The number of hydrogen-bond acceptors (Lipinski definition) is 2. The van der Waals surface area contributed by atoms with E-state index >= 15 is 0 Å². The summed E-state index contributed by atoms with van der Waals surface area (Å²) in [4.78, 5) is 9.24. The molecule has 0 bridgehead atoms. The van der Waals surface area contributed by atoms with E-state index in [4.69, 9.17) is 5.11 Å². The van der Waals surface area contributed by atoms with Crippen LogP contribution in [0, 0.1) is 29.1 Å². The molecule has 2 nitrogen and oxygen atoms in total. The number of thioether (sulfide) groups is 1. The monoisotopic (exact) mass is 272 g/mol. The molecule has 1 N–H and O–H groups in total. The molecule has 0 saturated carbocycles. The SMILES string of the molecule is CC(Sc1c(F)c(F)c(F)c(F)c1F)C(=O)O. The van der Waals surface area contributed by atoms with Crippen LogP contribution in [0.2, 0.25) is 0 Å². The minimum Gasteiger partial charge on any atom is -0.480 e. The molecule has 0 aliphatic heterocycles. The Bertz CT molecular complexity index is 448. The fraction of sp³-hybridized carbons (Fsp3) is 0.222. The van der Waals surface area contributed by atoms with Crippen LogP contribution in [0.5, 0.6) is 0 Å². The van der Waals surface area contributed by atoms with Gasteiger partial charge >= 0.3 is 5.97 Å². The maximum atomic E-state index is 13.1. The van der Waals surface area contributed by atoms with Crippen molar-refractivity contribution in [1.82, 2.24) is 0 Å². The van der Waals surface area contributed by atoms with Crippen LogP contribution in [-0.4, -0.2) is 16.3 Å². The van der Waals surface area contributed by atoms with Crippen LogP contribution in [0.1, 0.15) is 6.92 Å². The van der Waals surface area contributed by atoms with Gasteiger partial charge in [-0.1, -0.05) is 0 Å². The molecule has 0 heterocycles. The number of carboxylic acids is 1. The van der Waals surface area contributed by atoms with E-state index in [2.05, 4.69) is 0 Å². The van der Waals surface area contributed by atoms with Gasteiger partial charge in [0.05, 0.1) is 4.90 Å². The van der Waals surface area contributed by atoms with Crippen molar-refractivity contribution < 1.29 is 31.9 Å². The summed E-state index contributed by atoms with van der Waals surface area (Å²) in [5.74, 6) is -11.9. The Balaban J connectivity index is 3.30. The zero-order valence-electron chi connectivity index (χ0n) is 8.23. The highest BCUT2D eigenvalue weighted by Crippen LogP contribution is 2.33. The average molecular weight is 272 g/mol. The molecule has 0 aliphatic rings. The normalized spacial score (nSPS) is 12.6. The highest BCUT2D eigenvalue weighted by molar-refractivity contribution is 8.00. The van der Waals surface area contributed by atoms with Gasteiger partial charge in [-0.15, -0.1) is 11.8 Å². The summed E-state index contributed by atoms with van der Waals surface area (Å²) < 4.78 is 64.3. The van der Waals surface area contributed by atoms with E-state index in [1.54, 1.807) is 0 Å². The van der Waals surface area contributed by atoms with E-state index in [1.807, 2.05) is 0 Å². The Labute approximate surface area is 96.4 Å². The van der Waals surface area contributed by atoms with Gasteiger partial charge in [0, 0.05) is 0 Å². The average Bonchev–Trinajstić information content (AvgIpc) is 2.29. The number of benzene rings is 1. The lowest BCUT2D eigenvalue weighted by Gasteiger charge is -2.09. The molecule has 1 aromatic carbocycles. The Kier molecular flexibility index (Phi) is 3.97. The largest absolute Gasteiger partial charge is 0.480 e. The minimum absolute atomic E-state index is 0.0457. The molecule has 0 saturated heterocycles. The summed E-state index contributed by atoms with van der Waals surface area (Å²) in [6.07, 6.45) is 0. The van der Waals surface area contributed by atoms with Crippen molar-refractivity contribution in [2.24, 2.45) is 0 Å². The maximum absolute atomic E-state index is 13.1. The molecule has 1 rings (SSSR count). The van der Waals surface area contributed by atoms with E-state index in [0.717, 1.165) is 6.92 Å². The first kappa shape index (κ1) is 13.8. The highest BCUT2D eigenvalue weighted by atomic mass is 32.2. The number of carboxylic acid groups (broad SMARTS) is 1. The van der Waals surface area contributed by atoms with Crippen LogP contribution in [-0.2, 0) is 4.79 Å². The van der Waals surface area contributed by atoms with Gasteiger partial charge in [0.15, 0.2) is 23.3 Å². The lowest BCUT2D eigenvalue weighted by atomic mass is 10.3. The lowest BCUT2D eigenvalue weighted by molar-refractivity contribution is -0.136. The lowest BCUT2D eigenvalue weighted by Crippen LogP contribution is -2.13. The Morgan fingerprint density at radius 1 is 1.00 bits per heavy atom. The molecular formula is C9H5F5O2S. The summed E-state index contributed by atoms with van der Waals surface area (Å²) in [6.45, 7) is 1.06. The van der Waals surface area contributed by atoms with E-state index < -0.39 is 45.2 Å². The summed E-state index contributed by atoms with van der Waals surface area (Å²) in [7, 11) is 0. The van der Waals surface area contributed by atoms with Crippen molar-refractivity contribution in [1.29, 1.82) is 0 Å². The van der Waals surface area contributed by atoms with Gasteiger partial charge in [0.2, 0.25) is 5.82 Å². The molecule has 0 aromatic heterocycles. The topological polar surface area (TPSA) is 37.3 Å². The fourth-order valence-corrected chi connectivity index (χ4v) is 1.76. The summed E-state index contributed by atoms with van der Waals surface area (Å²) in [6, 6.07) is 0.